The van der Waals surface area contributed by atoms with Gasteiger partial charge in [0.05, 0.1) is 10.0 Å². The van der Waals surface area contributed by atoms with Crippen molar-refractivity contribution in [3.63, 3.8) is 0 Å². The van der Waals surface area contributed by atoms with Crippen molar-refractivity contribution in [1.82, 2.24) is 0 Å². The summed E-state index contributed by atoms with van der Waals surface area (Å²) in [6, 6.07) is 22.0. The van der Waals surface area contributed by atoms with Gasteiger partial charge in [0.15, 0.2) is 5.75 Å². The standard InChI is InChI=1S/C24H18Cl2N2O2/c1-16-7-9-20(10-8-16)28-24(29)19(14-27)11-18-12-21(25)23(22(26)13-18)30-15-17-5-3-2-4-6-17/h2-13H,15H2,1H3,(H,28,29)/b19-11+. The summed E-state index contributed by atoms with van der Waals surface area (Å²) in [5, 5.41) is 12.7. The highest BCUT2D eigenvalue weighted by Crippen LogP contribution is 2.35. The molecule has 1 amide bonds. The molecule has 0 aliphatic carbocycles. The Kier molecular flexibility index (Phi) is 7.13. The molecule has 0 aromatic heterocycles. The second kappa shape index (κ2) is 9.98. The van der Waals surface area contributed by atoms with Crippen LogP contribution in [0.4, 0.5) is 5.69 Å². The third kappa shape index (κ3) is 5.64. The van der Waals surface area contributed by atoms with Gasteiger partial charge in [0.2, 0.25) is 0 Å². The van der Waals surface area contributed by atoms with E-state index in [9.17, 15) is 10.1 Å². The van der Waals surface area contributed by atoms with E-state index in [1.54, 1.807) is 24.3 Å². The maximum atomic E-state index is 12.4. The Morgan fingerprint density at radius 2 is 1.70 bits per heavy atom. The molecule has 4 nitrogen and oxygen atoms in total. The summed E-state index contributed by atoms with van der Waals surface area (Å²) in [6.45, 7) is 2.27. The van der Waals surface area contributed by atoms with E-state index in [1.165, 1.54) is 6.08 Å². The highest BCUT2D eigenvalue weighted by atomic mass is 35.5. The Bertz CT molecular complexity index is 1100. The van der Waals surface area contributed by atoms with Gasteiger partial charge in [-0.15, -0.1) is 0 Å². The van der Waals surface area contributed by atoms with Gasteiger partial charge in [-0.1, -0.05) is 71.2 Å². The number of nitrogens with zero attached hydrogens (tertiary/aromatic N) is 1. The Hall–Kier alpha value is -3.26. The SMILES string of the molecule is Cc1ccc(NC(=O)/C(C#N)=C/c2cc(Cl)c(OCc3ccccc3)c(Cl)c2)cc1. The van der Waals surface area contributed by atoms with Crippen molar-refractivity contribution in [1.29, 1.82) is 5.26 Å². The highest BCUT2D eigenvalue weighted by Gasteiger charge is 2.13. The van der Waals surface area contributed by atoms with Gasteiger partial charge in [0, 0.05) is 5.69 Å². The molecule has 0 radical (unpaired) electrons. The summed E-state index contributed by atoms with van der Waals surface area (Å²) in [4.78, 5) is 12.4. The van der Waals surface area contributed by atoms with Crippen LogP contribution in [0.3, 0.4) is 0 Å². The quantitative estimate of drug-likeness (QED) is 0.357. The molecule has 0 spiro atoms. The second-order valence-electron chi connectivity index (χ2n) is 6.58. The molecule has 0 aliphatic rings. The van der Waals surface area contributed by atoms with Crippen molar-refractivity contribution in [2.75, 3.05) is 5.32 Å². The van der Waals surface area contributed by atoms with Crippen LogP contribution in [0.25, 0.3) is 6.08 Å². The molecule has 0 saturated carbocycles. The number of halogens is 2. The van der Waals surface area contributed by atoms with Crippen molar-refractivity contribution in [3.8, 4) is 11.8 Å². The van der Waals surface area contributed by atoms with Crippen LogP contribution in [0.5, 0.6) is 5.75 Å². The van der Waals surface area contributed by atoms with Crippen LogP contribution in [0.15, 0.2) is 72.3 Å². The summed E-state index contributed by atoms with van der Waals surface area (Å²) >= 11 is 12.7. The van der Waals surface area contributed by atoms with Gasteiger partial charge >= 0.3 is 0 Å². The molecule has 0 aliphatic heterocycles. The third-order valence-corrected chi connectivity index (χ3v) is 4.79. The normalized spacial score (nSPS) is 10.9. The van der Waals surface area contributed by atoms with E-state index in [2.05, 4.69) is 5.32 Å². The Labute approximate surface area is 185 Å². The molecule has 0 fully saturated rings. The minimum Gasteiger partial charge on any atom is -0.486 e. The van der Waals surface area contributed by atoms with E-state index < -0.39 is 5.91 Å². The van der Waals surface area contributed by atoms with E-state index >= 15 is 0 Å². The number of benzene rings is 3. The number of nitriles is 1. The predicted octanol–water partition coefficient (Wildman–Crippen LogP) is 6.43. The van der Waals surface area contributed by atoms with Crippen molar-refractivity contribution in [3.05, 3.63) is 99.0 Å². The number of carbonyl (C=O) groups is 1. The first-order valence-corrected chi connectivity index (χ1v) is 9.87. The fraction of sp³-hybridized carbons (Fsp3) is 0.0833. The zero-order valence-corrected chi connectivity index (χ0v) is 17.7. The number of nitrogens with one attached hydrogen (secondary N) is 1. The van der Waals surface area contributed by atoms with Gasteiger partial charge in [0.1, 0.15) is 18.2 Å². The molecular formula is C24H18Cl2N2O2. The summed E-state index contributed by atoms with van der Waals surface area (Å²) in [5.41, 5.74) is 3.11. The highest BCUT2D eigenvalue weighted by molar-refractivity contribution is 6.37. The summed E-state index contributed by atoms with van der Waals surface area (Å²) in [6.07, 6.45) is 1.43. The molecule has 3 aromatic rings. The van der Waals surface area contributed by atoms with Crippen LogP contribution in [-0.2, 0) is 11.4 Å². The molecule has 150 valence electrons. The predicted molar refractivity (Wildman–Crippen MR) is 121 cm³/mol. The molecule has 1 N–H and O–H groups in total. The van der Waals surface area contributed by atoms with Gasteiger partial charge in [-0.3, -0.25) is 4.79 Å². The van der Waals surface area contributed by atoms with E-state index in [0.29, 0.717) is 33.7 Å². The van der Waals surface area contributed by atoms with Gasteiger partial charge in [-0.05, 0) is 48.4 Å². The molecule has 3 rings (SSSR count). The molecular weight excluding hydrogens is 419 g/mol. The first-order chi connectivity index (χ1) is 14.5. The number of carbonyl (C=O) groups excluding carboxylic acids is 1. The van der Waals surface area contributed by atoms with Crippen molar-refractivity contribution in [2.45, 2.75) is 13.5 Å². The first kappa shape index (κ1) is 21.4. The third-order valence-electron chi connectivity index (χ3n) is 4.23. The monoisotopic (exact) mass is 436 g/mol. The minimum absolute atomic E-state index is 0.0688. The molecule has 0 unspecified atom stereocenters. The number of hydrogen-bond acceptors (Lipinski definition) is 3. The Morgan fingerprint density at radius 3 is 2.30 bits per heavy atom. The lowest BCUT2D eigenvalue weighted by Crippen LogP contribution is -2.13. The molecule has 3 aromatic carbocycles. The maximum absolute atomic E-state index is 12.4. The fourth-order valence-corrected chi connectivity index (χ4v) is 3.29. The number of amides is 1. The lowest BCUT2D eigenvalue weighted by Gasteiger charge is -2.11. The minimum atomic E-state index is -0.516. The second-order valence-corrected chi connectivity index (χ2v) is 7.39. The molecule has 0 saturated heterocycles. The van der Waals surface area contributed by atoms with Gasteiger partial charge in [-0.25, -0.2) is 0 Å². The number of rotatable bonds is 6. The van der Waals surface area contributed by atoms with Crippen LogP contribution >= 0.6 is 23.2 Å². The summed E-state index contributed by atoms with van der Waals surface area (Å²) < 4.78 is 5.75. The van der Waals surface area contributed by atoms with Crippen molar-refractivity contribution < 1.29 is 9.53 Å². The van der Waals surface area contributed by atoms with Crippen LogP contribution < -0.4 is 10.1 Å². The van der Waals surface area contributed by atoms with E-state index in [4.69, 9.17) is 27.9 Å². The van der Waals surface area contributed by atoms with Crippen molar-refractivity contribution in [2.24, 2.45) is 0 Å². The van der Waals surface area contributed by atoms with Crippen molar-refractivity contribution >= 4 is 40.9 Å². The number of aryl methyl sites for hydroxylation is 1. The smallest absolute Gasteiger partial charge is 0.266 e. The molecule has 0 heterocycles. The zero-order valence-electron chi connectivity index (χ0n) is 16.2. The molecule has 30 heavy (non-hydrogen) atoms. The average Bonchev–Trinajstić information content (AvgIpc) is 2.73. The lowest BCUT2D eigenvalue weighted by atomic mass is 10.1. The molecule has 6 heteroatoms. The Morgan fingerprint density at radius 1 is 1.07 bits per heavy atom. The summed E-state index contributed by atoms with van der Waals surface area (Å²) in [5.74, 6) is -0.167. The fourth-order valence-electron chi connectivity index (χ4n) is 2.68. The summed E-state index contributed by atoms with van der Waals surface area (Å²) in [7, 11) is 0. The topological polar surface area (TPSA) is 62.1 Å². The molecule has 0 atom stereocenters. The van der Waals surface area contributed by atoms with Crippen LogP contribution in [-0.4, -0.2) is 5.91 Å². The van der Waals surface area contributed by atoms with E-state index in [-0.39, 0.29) is 5.57 Å². The first-order valence-electron chi connectivity index (χ1n) is 9.12. The van der Waals surface area contributed by atoms with Gasteiger partial charge in [0.25, 0.3) is 5.91 Å². The average molecular weight is 437 g/mol. The number of ether oxygens (including phenoxy) is 1. The number of hydrogen-bond donors (Lipinski definition) is 1. The van der Waals surface area contributed by atoms with E-state index in [1.807, 2.05) is 55.5 Å². The van der Waals surface area contributed by atoms with E-state index in [0.717, 1.165) is 11.1 Å². The van der Waals surface area contributed by atoms with Crippen LogP contribution in [0, 0.1) is 18.3 Å². The molecule has 0 bridgehead atoms. The maximum Gasteiger partial charge on any atom is 0.266 e. The van der Waals surface area contributed by atoms with Gasteiger partial charge < -0.3 is 10.1 Å². The zero-order chi connectivity index (χ0) is 21.5. The lowest BCUT2D eigenvalue weighted by molar-refractivity contribution is -0.112. The van der Waals surface area contributed by atoms with Gasteiger partial charge in [-0.2, -0.15) is 5.26 Å². The Balaban J connectivity index is 1.76. The number of anilines is 1. The van der Waals surface area contributed by atoms with Crippen LogP contribution in [0.2, 0.25) is 10.0 Å². The van der Waals surface area contributed by atoms with Crippen LogP contribution in [0.1, 0.15) is 16.7 Å². The largest absolute Gasteiger partial charge is 0.486 e.